The van der Waals surface area contributed by atoms with Gasteiger partial charge >= 0.3 is 0 Å². The minimum atomic E-state index is -0.119. The zero-order valence-electron chi connectivity index (χ0n) is 13.8. The van der Waals surface area contributed by atoms with E-state index < -0.39 is 0 Å². The molecule has 1 aromatic rings. The minimum Gasteiger partial charge on any atom is -0.493 e. The van der Waals surface area contributed by atoms with E-state index in [9.17, 15) is 0 Å². The Kier molecular flexibility index (Phi) is 4.79. The molecule has 1 aliphatic heterocycles. The van der Waals surface area contributed by atoms with E-state index in [2.05, 4.69) is 32.6 Å². The van der Waals surface area contributed by atoms with Crippen molar-refractivity contribution in [1.29, 1.82) is 0 Å². The average Bonchev–Trinajstić information content (AvgIpc) is 2.35. The lowest BCUT2D eigenvalue weighted by atomic mass is 9.99. The molecular formula is C17H27NO3. The molecule has 1 aliphatic rings. The fraction of sp³-hybridized carbons (Fsp3) is 0.647. The number of nitrogens with zero attached hydrogens (tertiary/aromatic N) is 1. The third kappa shape index (κ3) is 4.61. The van der Waals surface area contributed by atoms with Crippen molar-refractivity contribution in [2.24, 2.45) is 0 Å². The molecule has 4 nitrogen and oxygen atoms in total. The third-order valence-electron chi connectivity index (χ3n) is 3.50. The van der Waals surface area contributed by atoms with Gasteiger partial charge in [-0.2, -0.15) is 0 Å². The predicted molar refractivity (Wildman–Crippen MR) is 84.2 cm³/mol. The van der Waals surface area contributed by atoms with Crippen molar-refractivity contribution in [2.75, 3.05) is 33.4 Å². The normalized spacial score (nSPS) is 21.0. The lowest BCUT2D eigenvalue weighted by Gasteiger charge is -2.47. The van der Waals surface area contributed by atoms with Gasteiger partial charge in [0.05, 0.1) is 18.3 Å². The molecule has 1 heterocycles. The van der Waals surface area contributed by atoms with Crippen LogP contribution in [0.4, 0.5) is 0 Å². The minimum absolute atomic E-state index is 0.119. The maximum Gasteiger partial charge on any atom is 0.161 e. The van der Waals surface area contributed by atoms with E-state index in [1.807, 2.05) is 24.3 Å². The van der Waals surface area contributed by atoms with E-state index in [1.165, 1.54) is 0 Å². The van der Waals surface area contributed by atoms with Gasteiger partial charge in [-0.15, -0.1) is 0 Å². The van der Waals surface area contributed by atoms with Gasteiger partial charge in [0.1, 0.15) is 6.61 Å². The molecule has 1 fully saturated rings. The lowest BCUT2D eigenvalue weighted by Crippen LogP contribution is -2.57. The van der Waals surface area contributed by atoms with Gasteiger partial charge in [-0.05, 0) is 39.8 Å². The summed E-state index contributed by atoms with van der Waals surface area (Å²) in [6, 6.07) is 7.75. The molecule has 0 amide bonds. The van der Waals surface area contributed by atoms with Crippen LogP contribution in [0.2, 0.25) is 0 Å². The smallest absolute Gasteiger partial charge is 0.161 e. The molecule has 1 saturated heterocycles. The Balaban J connectivity index is 1.88. The first-order valence-corrected chi connectivity index (χ1v) is 7.50. The first-order chi connectivity index (χ1) is 9.81. The molecule has 0 saturated carbocycles. The van der Waals surface area contributed by atoms with Crippen LogP contribution in [-0.2, 0) is 4.74 Å². The quantitative estimate of drug-likeness (QED) is 0.835. The molecule has 1 aromatic carbocycles. The van der Waals surface area contributed by atoms with Gasteiger partial charge in [0, 0.05) is 19.6 Å². The topological polar surface area (TPSA) is 30.9 Å². The molecule has 0 aliphatic carbocycles. The Hall–Kier alpha value is -1.26. The van der Waals surface area contributed by atoms with E-state index >= 15 is 0 Å². The standard InChI is InChI=1S/C17H27NO3/c1-16(2)12-18(13-17(3,4)21-16)10-11-20-15-9-7-6-8-14(15)19-5/h6-9H,10-13H2,1-5H3. The SMILES string of the molecule is COc1ccccc1OCCN1CC(C)(C)OC(C)(C)C1. The zero-order chi connectivity index (χ0) is 15.5. The number of ether oxygens (including phenoxy) is 3. The summed E-state index contributed by atoms with van der Waals surface area (Å²) in [6.07, 6.45) is 0. The molecule has 0 radical (unpaired) electrons. The Morgan fingerprint density at radius 1 is 1.05 bits per heavy atom. The number of hydrogen-bond acceptors (Lipinski definition) is 4. The summed E-state index contributed by atoms with van der Waals surface area (Å²) >= 11 is 0. The summed E-state index contributed by atoms with van der Waals surface area (Å²) in [5.41, 5.74) is -0.238. The van der Waals surface area contributed by atoms with Crippen LogP contribution in [0, 0.1) is 0 Å². The molecule has 0 bridgehead atoms. The van der Waals surface area contributed by atoms with Crippen molar-refractivity contribution < 1.29 is 14.2 Å². The maximum absolute atomic E-state index is 6.09. The average molecular weight is 293 g/mol. The number of para-hydroxylation sites is 2. The van der Waals surface area contributed by atoms with Gasteiger partial charge in [-0.25, -0.2) is 0 Å². The molecule has 0 spiro atoms. The van der Waals surface area contributed by atoms with Crippen molar-refractivity contribution in [1.82, 2.24) is 4.90 Å². The lowest BCUT2D eigenvalue weighted by molar-refractivity contribution is -0.181. The van der Waals surface area contributed by atoms with Crippen LogP contribution in [-0.4, -0.2) is 49.5 Å². The summed E-state index contributed by atoms with van der Waals surface area (Å²) in [7, 11) is 1.66. The number of hydrogen-bond donors (Lipinski definition) is 0. The van der Waals surface area contributed by atoms with Crippen LogP contribution in [0.3, 0.4) is 0 Å². The van der Waals surface area contributed by atoms with Crippen LogP contribution in [0.1, 0.15) is 27.7 Å². The van der Waals surface area contributed by atoms with E-state index in [4.69, 9.17) is 14.2 Å². The van der Waals surface area contributed by atoms with Gasteiger partial charge in [-0.3, -0.25) is 4.90 Å². The molecule has 2 rings (SSSR count). The highest BCUT2D eigenvalue weighted by molar-refractivity contribution is 5.39. The van der Waals surface area contributed by atoms with Crippen molar-refractivity contribution >= 4 is 0 Å². The van der Waals surface area contributed by atoms with Crippen LogP contribution in [0.15, 0.2) is 24.3 Å². The molecule has 118 valence electrons. The highest BCUT2D eigenvalue weighted by Crippen LogP contribution is 2.28. The van der Waals surface area contributed by atoms with E-state index in [-0.39, 0.29) is 11.2 Å². The third-order valence-corrected chi connectivity index (χ3v) is 3.50. The van der Waals surface area contributed by atoms with Gasteiger partial charge in [0.2, 0.25) is 0 Å². The van der Waals surface area contributed by atoms with E-state index in [0.717, 1.165) is 31.1 Å². The van der Waals surface area contributed by atoms with Gasteiger partial charge < -0.3 is 14.2 Å². The summed E-state index contributed by atoms with van der Waals surface area (Å²) < 4.78 is 17.2. The molecule has 0 aromatic heterocycles. The summed E-state index contributed by atoms with van der Waals surface area (Å²) in [6.45, 7) is 11.9. The van der Waals surface area contributed by atoms with Gasteiger partial charge in [0.25, 0.3) is 0 Å². The van der Waals surface area contributed by atoms with E-state index in [1.54, 1.807) is 7.11 Å². The highest BCUT2D eigenvalue weighted by Gasteiger charge is 2.37. The summed E-state index contributed by atoms with van der Waals surface area (Å²) in [5, 5.41) is 0. The number of methoxy groups -OCH3 is 1. The van der Waals surface area contributed by atoms with Crippen LogP contribution in [0.5, 0.6) is 11.5 Å². The van der Waals surface area contributed by atoms with Crippen LogP contribution in [0.25, 0.3) is 0 Å². The first kappa shape index (κ1) is 16.1. The van der Waals surface area contributed by atoms with Crippen LogP contribution >= 0.6 is 0 Å². The molecule has 0 atom stereocenters. The Bertz CT molecular complexity index is 455. The summed E-state index contributed by atoms with van der Waals surface area (Å²) in [5.74, 6) is 1.58. The van der Waals surface area contributed by atoms with Crippen molar-refractivity contribution in [3.63, 3.8) is 0 Å². The number of rotatable bonds is 5. The number of benzene rings is 1. The number of morpholine rings is 1. The predicted octanol–water partition coefficient (Wildman–Crippen LogP) is 2.96. The van der Waals surface area contributed by atoms with Gasteiger partial charge in [0.15, 0.2) is 11.5 Å². The molecule has 21 heavy (non-hydrogen) atoms. The molecule has 0 unspecified atom stereocenters. The van der Waals surface area contributed by atoms with Crippen LogP contribution < -0.4 is 9.47 Å². The molecule has 4 heteroatoms. The fourth-order valence-corrected chi connectivity index (χ4v) is 3.13. The monoisotopic (exact) mass is 293 g/mol. The molecule has 0 N–H and O–H groups in total. The summed E-state index contributed by atoms with van der Waals surface area (Å²) in [4.78, 5) is 2.40. The second kappa shape index (κ2) is 6.24. The Morgan fingerprint density at radius 3 is 2.19 bits per heavy atom. The Labute approximate surface area is 128 Å². The highest BCUT2D eigenvalue weighted by atomic mass is 16.5. The van der Waals surface area contributed by atoms with Crippen molar-refractivity contribution in [3.8, 4) is 11.5 Å². The van der Waals surface area contributed by atoms with E-state index in [0.29, 0.717) is 6.61 Å². The molecular weight excluding hydrogens is 266 g/mol. The van der Waals surface area contributed by atoms with Gasteiger partial charge in [-0.1, -0.05) is 12.1 Å². The zero-order valence-corrected chi connectivity index (χ0v) is 13.8. The maximum atomic E-state index is 6.09. The second-order valence-electron chi connectivity index (χ2n) is 6.83. The first-order valence-electron chi connectivity index (χ1n) is 7.50. The Morgan fingerprint density at radius 2 is 1.62 bits per heavy atom. The van der Waals surface area contributed by atoms with Crippen molar-refractivity contribution in [2.45, 2.75) is 38.9 Å². The second-order valence-corrected chi connectivity index (χ2v) is 6.83. The fourth-order valence-electron chi connectivity index (χ4n) is 3.13. The largest absolute Gasteiger partial charge is 0.493 e. The van der Waals surface area contributed by atoms with Crippen molar-refractivity contribution in [3.05, 3.63) is 24.3 Å².